The zero-order chi connectivity index (χ0) is 11.3. The second-order valence-electron chi connectivity index (χ2n) is 3.11. The predicted molar refractivity (Wildman–Crippen MR) is 51.7 cm³/mol. The smallest absolute Gasteiger partial charge is 0.468 e. The molecule has 0 aliphatic carbocycles. The molecule has 84 valence electrons. The van der Waals surface area contributed by atoms with Crippen molar-refractivity contribution in [1.82, 2.24) is 0 Å². The van der Waals surface area contributed by atoms with E-state index in [9.17, 15) is 12.9 Å². The van der Waals surface area contributed by atoms with Gasteiger partial charge in [-0.25, -0.2) is 0 Å². The average molecular weight is 258 g/mol. The van der Waals surface area contributed by atoms with Crippen molar-refractivity contribution in [2.45, 2.75) is 6.32 Å². The van der Waals surface area contributed by atoms with Crippen LogP contribution in [0.25, 0.3) is 0 Å². The van der Waals surface area contributed by atoms with Crippen LogP contribution in [-0.2, 0) is 11.1 Å². The van der Waals surface area contributed by atoms with Crippen LogP contribution in [0.3, 0.4) is 0 Å². The molecule has 7 heteroatoms. The summed E-state index contributed by atoms with van der Waals surface area (Å²) in [7, 11) is 1.47. The van der Waals surface area contributed by atoms with Crippen LogP contribution in [0.5, 0.6) is 5.75 Å². The molecule has 0 heterocycles. The van der Waals surface area contributed by atoms with E-state index in [1.165, 1.54) is 31.4 Å². The van der Waals surface area contributed by atoms with Gasteiger partial charge >= 0.3 is 58.4 Å². The number of ether oxygens (including phenoxy) is 2. The van der Waals surface area contributed by atoms with Crippen molar-refractivity contribution in [2.24, 2.45) is 0 Å². The maximum Gasteiger partial charge on any atom is 1.00 e. The number of rotatable bonds is 5. The first kappa shape index (κ1) is 16.5. The molecule has 0 atom stereocenters. The third kappa shape index (κ3) is 6.93. The molecule has 0 amide bonds. The molecule has 16 heavy (non-hydrogen) atoms. The van der Waals surface area contributed by atoms with Crippen LogP contribution in [0.1, 0.15) is 5.56 Å². The van der Waals surface area contributed by atoms with Crippen molar-refractivity contribution in [3.63, 3.8) is 0 Å². The number of hydrogen-bond acceptors (Lipinski definition) is 2. The van der Waals surface area contributed by atoms with Crippen LogP contribution >= 0.6 is 0 Å². The molecule has 0 aliphatic rings. The second kappa shape index (κ2) is 7.73. The Labute approximate surface area is 135 Å². The van der Waals surface area contributed by atoms with E-state index in [1.54, 1.807) is 0 Å². The summed E-state index contributed by atoms with van der Waals surface area (Å²) in [6.45, 7) is -4.69. The van der Waals surface area contributed by atoms with E-state index in [-0.39, 0.29) is 63.7 Å². The Morgan fingerprint density at radius 2 is 1.69 bits per heavy atom. The van der Waals surface area contributed by atoms with Gasteiger partial charge in [-0.2, -0.15) is 0 Å². The minimum absolute atomic E-state index is 0. The summed E-state index contributed by atoms with van der Waals surface area (Å²) in [5, 5.41) is 0. The van der Waals surface area contributed by atoms with Crippen LogP contribution in [0, 0.1) is 0 Å². The fourth-order valence-corrected chi connectivity index (χ4v) is 1.12. The molecular formula is C9H11BF3KO2. The fraction of sp³-hybridized carbons (Fsp3) is 0.333. The largest absolute Gasteiger partial charge is 1.00 e. The molecule has 0 unspecified atom stereocenters. The zero-order valence-corrected chi connectivity index (χ0v) is 12.4. The van der Waals surface area contributed by atoms with E-state index in [0.717, 1.165) is 0 Å². The summed E-state index contributed by atoms with van der Waals surface area (Å²) in [6.07, 6.45) is -0.857. The molecule has 0 saturated carbocycles. The SMILES string of the molecule is COCOc1ccc(C[B-](F)(F)F)cc1.[K+]. The molecular weight excluding hydrogens is 247 g/mol. The van der Waals surface area contributed by atoms with Crippen molar-refractivity contribution < 1.29 is 73.8 Å². The molecule has 1 aromatic rings. The van der Waals surface area contributed by atoms with Gasteiger partial charge in [-0.05, 0) is 12.1 Å². The maximum absolute atomic E-state index is 12.1. The van der Waals surface area contributed by atoms with Gasteiger partial charge in [0.25, 0.3) is 0 Å². The molecule has 0 fully saturated rings. The standard InChI is InChI=1S/C9H11BF3O2.K/c1-14-7-15-9-4-2-8(3-5-9)6-10(11,12)13;/h2-5H,6-7H2,1H3;/q-1;+1. The zero-order valence-electron chi connectivity index (χ0n) is 9.25. The van der Waals surface area contributed by atoms with Gasteiger partial charge < -0.3 is 22.4 Å². The molecule has 0 N–H and O–H groups in total. The predicted octanol–water partition coefficient (Wildman–Crippen LogP) is -0.398. The van der Waals surface area contributed by atoms with Gasteiger partial charge in [0.1, 0.15) is 5.75 Å². The summed E-state index contributed by atoms with van der Waals surface area (Å²) < 4.78 is 45.9. The van der Waals surface area contributed by atoms with Gasteiger partial charge in [-0.1, -0.05) is 24.0 Å². The number of halogens is 3. The molecule has 2 nitrogen and oxygen atoms in total. The summed E-state index contributed by atoms with van der Waals surface area (Å²) in [5.74, 6) is 0.496. The first-order chi connectivity index (χ1) is 7.01. The Bertz CT molecular complexity index is 303. The van der Waals surface area contributed by atoms with E-state index in [1.807, 2.05) is 0 Å². The van der Waals surface area contributed by atoms with Crippen molar-refractivity contribution in [1.29, 1.82) is 0 Å². The van der Waals surface area contributed by atoms with Gasteiger partial charge in [0.15, 0.2) is 6.79 Å². The molecule has 0 radical (unpaired) electrons. The van der Waals surface area contributed by atoms with Gasteiger partial charge in [0, 0.05) is 7.11 Å². The van der Waals surface area contributed by atoms with Crippen molar-refractivity contribution in [3.05, 3.63) is 29.8 Å². The Morgan fingerprint density at radius 1 is 1.12 bits per heavy atom. The third-order valence-corrected chi connectivity index (χ3v) is 1.73. The van der Waals surface area contributed by atoms with E-state index >= 15 is 0 Å². The monoisotopic (exact) mass is 258 g/mol. The van der Waals surface area contributed by atoms with Crippen LogP contribution in [0.2, 0.25) is 0 Å². The van der Waals surface area contributed by atoms with Crippen LogP contribution in [-0.4, -0.2) is 20.9 Å². The third-order valence-electron chi connectivity index (χ3n) is 1.73. The summed E-state index contributed by atoms with van der Waals surface area (Å²) in [4.78, 5) is 0. The molecule has 0 bridgehead atoms. The fourth-order valence-electron chi connectivity index (χ4n) is 1.12. The van der Waals surface area contributed by atoms with Gasteiger partial charge in [-0.15, -0.1) is 0 Å². The van der Waals surface area contributed by atoms with Crippen molar-refractivity contribution in [2.75, 3.05) is 13.9 Å². The molecule has 0 spiro atoms. The van der Waals surface area contributed by atoms with Crippen molar-refractivity contribution >= 4 is 6.98 Å². The van der Waals surface area contributed by atoms with Gasteiger partial charge in [0.05, 0.1) is 0 Å². The van der Waals surface area contributed by atoms with E-state index in [2.05, 4.69) is 4.74 Å². The Morgan fingerprint density at radius 3 is 2.12 bits per heavy atom. The first-order valence-electron chi connectivity index (χ1n) is 4.43. The summed E-state index contributed by atoms with van der Waals surface area (Å²) in [5.41, 5.74) is 0.243. The van der Waals surface area contributed by atoms with E-state index < -0.39 is 13.3 Å². The maximum atomic E-state index is 12.1. The number of benzene rings is 1. The Kier molecular flexibility index (Phi) is 7.96. The van der Waals surface area contributed by atoms with Crippen LogP contribution in [0.4, 0.5) is 12.9 Å². The minimum Gasteiger partial charge on any atom is -0.468 e. The van der Waals surface area contributed by atoms with Crippen LogP contribution in [0.15, 0.2) is 24.3 Å². The van der Waals surface area contributed by atoms with E-state index in [0.29, 0.717) is 5.75 Å². The van der Waals surface area contributed by atoms with Gasteiger partial charge in [-0.3, -0.25) is 0 Å². The van der Waals surface area contributed by atoms with Crippen molar-refractivity contribution in [3.8, 4) is 5.75 Å². The Hall–Kier alpha value is 0.471. The molecule has 1 aromatic carbocycles. The number of hydrogen-bond donors (Lipinski definition) is 0. The van der Waals surface area contributed by atoms with Gasteiger partial charge in [0.2, 0.25) is 0 Å². The van der Waals surface area contributed by atoms with E-state index in [4.69, 9.17) is 4.74 Å². The molecule has 0 saturated heterocycles. The molecule has 0 aliphatic heterocycles. The number of methoxy groups -OCH3 is 1. The summed E-state index contributed by atoms with van der Waals surface area (Å²) in [6, 6.07) is 5.80. The second-order valence-corrected chi connectivity index (χ2v) is 3.11. The average Bonchev–Trinajstić information content (AvgIpc) is 2.14. The normalized spacial score (nSPS) is 10.8. The summed E-state index contributed by atoms with van der Waals surface area (Å²) >= 11 is 0. The molecule has 1 rings (SSSR count). The Balaban J connectivity index is 0.00000225. The van der Waals surface area contributed by atoms with Crippen LogP contribution < -0.4 is 56.1 Å². The quantitative estimate of drug-likeness (QED) is 0.528. The minimum atomic E-state index is -4.77. The topological polar surface area (TPSA) is 18.5 Å². The first-order valence-corrected chi connectivity index (χ1v) is 4.43. The molecule has 0 aromatic heterocycles.